The number of carbonyl (C=O) groups excluding carboxylic acids is 1. The van der Waals surface area contributed by atoms with Crippen molar-refractivity contribution in [1.82, 2.24) is 9.88 Å². The van der Waals surface area contributed by atoms with Gasteiger partial charge >= 0.3 is 0 Å². The number of benzene rings is 3. The molecule has 4 aromatic rings. The highest BCUT2D eigenvalue weighted by Crippen LogP contribution is 2.33. The molecule has 5 rings (SSSR count). The van der Waals surface area contributed by atoms with Crippen LogP contribution in [0.15, 0.2) is 72.9 Å². The van der Waals surface area contributed by atoms with E-state index < -0.39 is 0 Å². The van der Waals surface area contributed by atoms with Crippen molar-refractivity contribution in [2.45, 2.75) is 18.8 Å². The molecule has 0 atom stereocenters. The van der Waals surface area contributed by atoms with Crippen molar-refractivity contribution >= 4 is 27.6 Å². The van der Waals surface area contributed by atoms with E-state index in [2.05, 4.69) is 47.6 Å². The Kier molecular flexibility index (Phi) is 3.93. The summed E-state index contributed by atoms with van der Waals surface area (Å²) in [6, 6.07) is 22.6. The summed E-state index contributed by atoms with van der Waals surface area (Å²) in [7, 11) is 0. The second kappa shape index (κ2) is 6.58. The Bertz CT molecular complexity index is 1110. The number of hydrogen-bond acceptors (Lipinski definition) is 1. The van der Waals surface area contributed by atoms with E-state index in [1.807, 2.05) is 35.2 Å². The number of aromatic nitrogens is 1. The highest BCUT2D eigenvalue weighted by molar-refractivity contribution is 6.07. The number of fused-ring (bicyclic) bond motifs is 2. The predicted molar refractivity (Wildman–Crippen MR) is 110 cm³/mol. The second-order valence-electron chi connectivity index (χ2n) is 7.38. The van der Waals surface area contributed by atoms with Crippen molar-refractivity contribution in [1.29, 1.82) is 0 Å². The maximum atomic E-state index is 13.1. The van der Waals surface area contributed by atoms with E-state index in [4.69, 9.17) is 0 Å². The van der Waals surface area contributed by atoms with Gasteiger partial charge in [0.15, 0.2) is 0 Å². The van der Waals surface area contributed by atoms with Crippen LogP contribution in [0.1, 0.15) is 34.7 Å². The van der Waals surface area contributed by atoms with Gasteiger partial charge in [0.1, 0.15) is 0 Å². The Balaban J connectivity index is 1.36. The average Bonchev–Trinajstić information content (AvgIpc) is 3.17. The van der Waals surface area contributed by atoms with E-state index in [-0.39, 0.29) is 5.91 Å². The molecule has 0 radical (unpaired) electrons. The van der Waals surface area contributed by atoms with Crippen LogP contribution in [0.2, 0.25) is 0 Å². The number of carbonyl (C=O) groups is 1. The fourth-order valence-electron chi connectivity index (χ4n) is 4.41. The summed E-state index contributed by atoms with van der Waals surface area (Å²) in [5.74, 6) is 0.668. The average molecular weight is 354 g/mol. The summed E-state index contributed by atoms with van der Waals surface area (Å²) in [6.07, 6.45) is 4.17. The largest absolute Gasteiger partial charge is 0.361 e. The van der Waals surface area contributed by atoms with Gasteiger partial charge in [-0.2, -0.15) is 0 Å². The number of likely N-dealkylation sites (tertiary alicyclic amines) is 1. The number of nitrogens with one attached hydrogen (secondary N) is 1. The lowest BCUT2D eigenvalue weighted by Crippen LogP contribution is -2.38. The predicted octanol–water partition coefficient (Wildman–Crippen LogP) is 5.34. The Morgan fingerprint density at radius 2 is 1.56 bits per heavy atom. The molecule has 0 spiro atoms. The number of para-hydroxylation sites is 1. The van der Waals surface area contributed by atoms with Crippen LogP contribution < -0.4 is 0 Å². The molecule has 0 unspecified atom stereocenters. The quantitative estimate of drug-likeness (QED) is 0.518. The van der Waals surface area contributed by atoms with E-state index in [0.29, 0.717) is 5.92 Å². The molecule has 3 aromatic carbocycles. The van der Waals surface area contributed by atoms with Gasteiger partial charge in [-0.1, -0.05) is 54.6 Å². The van der Waals surface area contributed by atoms with Gasteiger partial charge in [-0.05, 0) is 47.2 Å². The first-order valence-corrected chi connectivity index (χ1v) is 9.64. The molecular weight excluding hydrogens is 332 g/mol. The number of rotatable bonds is 2. The zero-order valence-corrected chi connectivity index (χ0v) is 15.2. The summed E-state index contributed by atoms with van der Waals surface area (Å²) in [4.78, 5) is 18.5. The summed E-state index contributed by atoms with van der Waals surface area (Å²) in [6.45, 7) is 1.62. The van der Waals surface area contributed by atoms with E-state index in [1.165, 1.54) is 16.5 Å². The van der Waals surface area contributed by atoms with E-state index >= 15 is 0 Å². The molecule has 1 aromatic heterocycles. The Labute approximate surface area is 158 Å². The lowest BCUT2D eigenvalue weighted by molar-refractivity contribution is 0.0715. The molecule has 1 N–H and O–H groups in total. The molecule has 0 saturated carbocycles. The van der Waals surface area contributed by atoms with Crippen molar-refractivity contribution in [2.24, 2.45) is 0 Å². The van der Waals surface area contributed by atoms with E-state index in [9.17, 15) is 4.79 Å². The molecule has 1 aliphatic heterocycles. The number of aromatic amines is 1. The van der Waals surface area contributed by atoms with Crippen LogP contribution in [0.3, 0.4) is 0 Å². The second-order valence-corrected chi connectivity index (χ2v) is 7.38. The van der Waals surface area contributed by atoms with Crippen LogP contribution in [0.5, 0.6) is 0 Å². The van der Waals surface area contributed by atoms with Gasteiger partial charge in [0.25, 0.3) is 5.91 Å². The number of piperidine rings is 1. The lowest BCUT2D eigenvalue weighted by atomic mass is 9.89. The van der Waals surface area contributed by atoms with Crippen LogP contribution in [0.4, 0.5) is 0 Å². The number of hydrogen-bond donors (Lipinski definition) is 1. The smallest absolute Gasteiger partial charge is 0.254 e. The monoisotopic (exact) mass is 354 g/mol. The molecule has 27 heavy (non-hydrogen) atoms. The third-order valence-corrected chi connectivity index (χ3v) is 5.86. The van der Waals surface area contributed by atoms with E-state index in [1.54, 1.807) is 0 Å². The molecule has 2 heterocycles. The Morgan fingerprint density at radius 1 is 0.852 bits per heavy atom. The van der Waals surface area contributed by atoms with Crippen molar-refractivity contribution in [3.63, 3.8) is 0 Å². The van der Waals surface area contributed by atoms with Gasteiger partial charge in [-0.25, -0.2) is 0 Å². The summed E-state index contributed by atoms with van der Waals surface area (Å²) in [5.41, 5.74) is 3.41. The van der Waals surface area contributed by atoms with Gasteiger partial charge in [0.2, 0.25) is 0 Å². The molecule has 1 amide bonds. The first-order chi connectivity index (χ1) is 13.3. The summed E-state index contributed by atoms with van der Waals surface area (Å²) < 4.78 is 0. The van der Waals surface area contributed by atoms with Crippen LogP contribution in [-0.2, 0) is 0 Å². The SMILES string of the molecule is O=C(c1cccc2ccccc12)N1CCC(c2c[nH]c3ccccc23)CC1. The van der Waals surface area contributed by atoms with Crippen LogP contribution >= 0.6 is 0 Å². The fourth-order valence-corrected chi connectivity index (χ4v) is 4.41. The molecule has 1 saturated heterocycles. The van der Waals surface area contributed by atoms with Gasteiger partial charge in [-0.15, -0.1) is 0 Å². The third kappa shape index (κ3) is 2.80. The van der Waals surface area contributed by atoms with Crippen molar-refractivity contribution in [2.75, 3.05) is 13.1 Å². The zero-order valence-electron chi connectivity index (χ0n) is 15.2. The van der Waals surface area contributed by atoms with Crippen LogP contribution in [0, 0.1) is 0 Å². The summed E-state index contributed by atoms with van der Waals surface area (Å²) >= 11 is 0. The van der Waals surface area contributed by atoms with Crippen molar-refractivity contribution in [3.05, 3.63) is 84.1 Å². The molecule has 1 fully saturated rings. The lowest BCUT2D eigenvalue weighted by Gasteiger charge is -2.32. The normalized spacial score (nSPS) is 15.5. The van der Waals surface area contributed by atoms with Crippen molar-refractivity contribution in [3.8, 4) is 0 Å². The van der Waals surface area contributed by atoms with Crippen molar-refractivity contribution < 1.29 is 4.79 Å². The first-order valence-electron chi connectivity index (χ1n) is 9.64. The minimum atomic E-state index is 0.157. The highest BCUT2D eigenvalue weighted by atomic mass is 16.2. The maximum Gasteiger partial charge on any atom is 0.254 e. The van der Waals surface area contributed by atoms with Gasteiger partial charge in [0, 0.05) is 35.8 Å². The molecule has 3 nitrogen and oxygen atoms in total. The molecule has 3 heteroatoms. The Hall–Kier alpha value is -3.07. The fraction of sp³-hybridized carbons (Fsp3) is 0.208. The first kappa shape index (κ1) is 16.1. The minimum absolute atomic E-state index is 0.157. The summed E-state index contributed by atoms with van der Waals surface area (Å²) in [5, 5.41) is 3.48. The number of amides is 1. The molecule has 0 bridgehead atoms. The molecule has 134 valence electrons. The molecular formula is C24H22N2O. The highest BCUT2D eigenvalue weighted by Gasteiger charge is 2.26. The zero-order chi connectivity index (χ0) is 18.2. The Morgan fingerprint density at radius 3 is 2.41 bits per heavy atom. The maximum absolute atomic E-state index is 13.1. The van der Waals surface area contributed by atoms with Crippen LogP contribution in [0.25, 0.3) is 21.7 Å². The van der Waals surface area contributed by atoms with Crippen LogP contribution in [-0.4, -0.2) is 28.9 Å². The van der Waals surface area contributed by atoms with E-state index in [0.717, 1.165) is 42.3 Å². The van der Waals surface area contributed by atoms with Gasteiger partial charge in [0.05, 0.1) is 0 Å². The molecule has 0 aliphatic carbocycles. The van der Waals surface area contributed by atoms with Gasteiger partial charge in [-0.3, -0.25) is 4.79 Å². The topological polar surface area (TPSA) is 36.1 Å². The molecule has 1 aliphatic rings. The standard InChI is InChI=1S/C24H22N2O/c27-24(21-10-5-7-17-6-1-2-8-19(17)21)26-14-12-18(13-15-26)22-16-25-23-11-4-3-9-20(22)23/h1-11,16,18,25H,12-15H2. The third-order valence-electron chi connectivity index (χ3n) is 5.86. The number of H-pyrrole nitrogens is 1. The minimum Gasteiger partial charge on any atom is -0.361 e. The number of nitrogens with zero attached hydrogens (tertiary/aromatic N) is 1. The van der Waals surface area contributed by atoms with Gasteiger partial charge < -0.3 is 9.88 Å².